The first-order valence-electron chi connectivity index (χ1n) is 11.3. The van der Waals surface area contributed by atoms with Gasteiger partial charge in [0.2, 0.25) is 15.9 Å². The van der Waals surface area contributed by atoms with Crippen molar-refractivity contribution in [2.45, 2.75) is 30.7 Å². The number of nitrogens with zero attached hydrogens (tertiary/aromatic N) is 2. The number of amides is 2. The molecule has 2 aromatic carbocycles. The summed E-state index contributed by atoms with van der Waals surface area (Å²) >= 11 is 0. The van der Waals surface area contributed by atoms with Gasteiger partial charge in [-0.15, -0.1) is 0 Å². The number of aryl methyl sites for hydroxylation is 1. The maximum atomic E-state index is 13.1. The van der Waals surface area contributed by atoms with Crippen LogP contribution in [0.15, 0.2) is 53.4 Å². The van der Waals surface area contributed by atoms with Crippen LogP contribution in [0.3, 0.4) is 0 Å². The average Bonchev–Trinajstić information content (AvgIpc) is 2.85. The smallest absolute Gasteiger partial charge is 0.265 e. The standard InChI is InChI=1S/C24H29N3O6S/c1-18(7-8-19-5-3-2-4-6-19)25-23(28)16-27-21-15-20(9-10-22(21)33-17-24(27)29)34(30,31)26-11-13-32-14-12-26/h2-6,9-10,15,18H,7-8,11-14,16-17H2,1H3,(H,25,28)/t18-/m1/s1. The Morgan fingerprint density at radius 2 is 1.85 bits per heavy atom. The van der Waals surface area contributed by atoms with Crippen molar-refractivity contribution >= 4 is 27.5 Å². The van der Waals surface area contributed by atoms with Gasteiger partial charge in [-0.2, -0.15) is 4.31 Å². The van der Waals surface area contributed by atoms with Gasteiger partial charge in [-0.05, 0) is 43.5 Å². The Balaban J connectivity index is 1.45. The molecule has 0 bridgehead atoms. The van der Waals surface area contributed by atoms with Crippen LogP contribution in [0.1, 0.15) is 18.9 Å². The van der Waals surface area contributed by atoms with Crippen molar-refractivity contribution in [1.82, 2.24) is 9.62 Å². The lowest BCUT2D eigenvalue weighted by atomic mass is 10.1. The van der Waals surface area contributed by atoms with Gasteiger partial charge in [0.25, 0.3) is 5.91 Å². The highest BCUT2D eigenvalue weighted by molar-refractivity contribution is 7.89. The maximum Gasteiger partial charge on any atom is 0.265 e. The lowest BCUT2D eigenvalue weighted by Gasteiger charge is -2.31. The van der Waals surface area contributed by atoms with Crippen molar-refractivity contribution in [1.29, 1.82) is 0 Å². The molecule has 4 rings (SSSR count). The molecule has 2 aliphatic heterocycles. The molecule has 10 heteroatoms. The maximum absolute atomic E-state index is 13.1. The van der Waals surface area contributed by atoms with Crippen molar-refractivity contribution in [3.05, 3.63) is 54.1 Å². The van der Waals surface area contributed by atoms with E-state index in [9.17, 15) is 18.0 Å². The zero-order valence-corrected chi connectivity index (χ0v) is 19.9. The number of morpholine rings is 1. The van der Waals surface area contributed by atoms with Gasteiger partial charge in [-0.3, -0.25) is 14.5 Å². The number of nitrogens with one attached hydrogen (secondary N) is 1. The van der Waals surface area contributed by atoms with E-state index in [0.29, 0.717) is 19.0 Å². The Morgan fingerprint density at radius 3 is 2.59 bits per heavy atom. The summed E-state index contributed by atoms with van der Waals surface area (Å²) in [6.45, 7) is 2.69. The number of hydrogen-bond acceptors (Lipinski definition) is 6. The van der Waals surface area contributed by atoms with Crippen molar-refractivity contribution in [3.8, 4) is 5.75 Å². The van der Waals surface area contributed by atoms with Crippen molar-refractivity contribution in [2.24, 2.45) is 0 Å². The van der Waals surface area contributed by atoms with Crippen molar-refractivity contribution < 1.29 is 27.5 Å². The quantitative estimate of drug-likeness (QED) is 0.606. The van der Waals surface area contributed by atoms with Crippen LogP contribution in [0.5, 0.6) is 5.75 Å². The van der Waals surface area contributed by atoms with Crippen LogP contribution in [-0.2, 0) is 30.8 Å². The van der Waals surface area contributed by atoms with E-state index < -0.39 is 15.9 Å². The molecule has 34 heavy (non-hydrogen) atoms. The SMILES string of the molecule is C[C@H](CCc1ccccc1)NC(=O)CN1C(=O)COc2ccc(S(=O)(=O)N3CCOCC3)cc21. The van der Waals surface area contributed by atoms with E-state index in [0.717, 1.165) is 12.8 Å². The molecule has 9 nitrogen and oxygen atoms in total. The Bertz CT molecular complexity index is 1130. The zero-order valence-electron chi connectivity index (χ0n) is 19.1. The van der Waals surface area contributed by atoms with Crippen LogP contribution < -0.4 is 15.0 Å². The summed E-state index contributed by atoms with van der Waals surface area (Å²) < 4.78 is 38.2. The van der Waals surface area contributed by atoms with E-state index in [1.54, 1.807) is 0 Å². The third-order valence-electron chi connectivity index (χ3n) is 5.90. The molecule has 1 atom stereocenters. The van der Waals surface area contributed by atoms with Gasteiger partial charge in [0.1, 0.15) is 12.3 Å². The van der Waals surface area contributed by atoms with E-state index in [1.165, 1.54) is 33.0 Å². The predicted octanol–water partition coefficient (Wildman–Crippen LogP) is 1.57. The van der Waals surface area contributed by atoms with Crippen LogP contribution in [0, 0.1) is 0 Å². The molecular weight excluding hydrogens is 458 g/mol. The van der Waals surface area contributed by atoms with E-state index in [4.69, 9.17) is 9.47 Å². The second-order valence-electron chi connectivity index (χ2n) is 8.41. The minimum atomic E-state index is -3.76. The second-order valence-corrected chi connectivity index (χ2v) is 10.3. The van der Waals surface area contributed by atoms with Crippen LogP contribution in [0.4, 0.5) is 5.69 Å². The topological polar surface area (TPSA) is 105 Å². The summed E-state index contributed by atoms with van der Waals surface area (Å²) in [5.74, 6) is -0.353. The molecule has 0 unspecified atom stereocenters. The lowest BCUT2D eigenvalue weighted by Crippen LogP contribution is -2.47. The number of ether oxygens (including phenoxy) is 2. The van der Waals surface area contributed by atoms with Gasteiger partial charge >= 0.3 is 0 Å². The molecule has 0 spiro atoms. The fourth-order valence-corrected chi connectivity index (χ4v) is 5.44. The number of anilines is 1. The summed E-state index contributed by atoms with van der Waals surface area (Å²) in [5.41, 5.74) is 1.47. The highest BCUT2D eigenvalue weighted by Gasteiger charge is 2.32. The molecule has 182 valence electrons. The minimum Gasteiger partial charge on any atom is -0.482 e. The summed E-state index contributed by atoms with van der Waals surface area (Å²) in [5, 5.41) is 2.93. The first-order valence-corrected chi connectivity index (χ1v) is 12.8. The summed E-state index contributed by atoms with van der Waals surface area (Å²) in [4.78, 5) is 26.7. The fourth-order valence-electron chi connectivity index (χ4n) is 4.02. The van der Waals surface area contributed by atoms with Crippen molar-refractivity contribution in [2.75, 3.05) is 44.4 Å². The Hall–Kier alpha value is -2.95. The third-order valence-corrected chi connectivity index (χ3v) is 7.79. The average molecular weight is 488 g/mol. The van der Waals surface area contributed by atoms with Gasteiger partial charge in [0.05, 0.1) is 23.8 Å². The lowest BCUT2D eigenvalue weighted by molar-refractivity contribution is -0.125. The molecule has 2 amide bonds. The monoisotopic (exact) mass is 487 g/mol. The first kappa shape index (κ1) is 24.2. The summed E-state index contributed by atoms with van der Waals surface area (Å²) in [6.07, 6.45) is 1.58. The highest BCUT2D eigenvalue weighted by atomic mass is 32.2. The van der Waals surface area contributed by atoms with Gasteiger partial charge in [0.15, 0.2) is 6.61 Å². The molecular formula is C24H29N3O6S. The number of rotatable bonds is 8. The van der Waals surface area contributed by atoms with Crippen molar-refractivity contribution in [3.63, 3.8) is 0 Å². The third kappa shape index (κ3) is 5.57. The number of carbonyl (C=O) groups is 2. The van der Waals surface area contributed by atoms with Gasteiger partial charge in [0, 0.05) is 19.1 Å². The summed E-state index contributed by atoms with van der Waals surface area (Å²) in [7, 11) is -3.76. The molecule has 0 aromatic heterocycles. The van der Waals surface area contributed by atoms with E-state index in [1.807, 2.05) is 37.3 Å². The molecule has 1 N–H and O–H groups in total. The van der Waals surface area contributed by atoms with Crippen LogP contribution in [0.25, 0.3) is 0 Å². The first-order chi connectivity index (χ1) is 16.3. The Kier molecular flexibility index (Phi) is 7.50. The highest BCUT2D eigenvalue weighted by Crippen LogP contribution is 2.35. The van der Waals surface area contributed by atoms with Crippen LogP contribution in [0.2, 0.25) is 0 Å². The van der Waals surface area contributed by atoms with E-state index in [2.05, 4.69) is 5.32 Å². The second kappa shape index (κ2) is 10.5. The zero-order chi connectivity index (χ0) is 24.1. The molecule has 2 aromatic rings. The van der Waals surface area contributed by atoms with Crippen LogP contribution in [-0.4, -0.2) is 70.0 Å². The number of fused-ring (bicyclic) bond motifs is 1. The molecule has 0 saturated carbocycles. The van der Waals surface area contributed by atoms with Crippen LogP contribution >= 0.6 is 0 Å². The fraction of sp³-hybridized carbons (Fsp3) is 0.417. The molecule has 2 heterocycles. The molecule has 1 fully saturated rings. The normalized spacial score (nSPS) is 17.6. The number of sulfonamides is 1. The van der Waals surface area contributed by atoms with E-state index >= 15 is 0 Å². The molecule has 0 aliphatic carbocycles. The van der Waals surface area contributed by atoms with Gasteiger partial charge in [-0.25, -0.2) is 8.42 Å². The number of benzene rings is 2. The Labute approximate surface area is 199 Å². The van der Waals surface area contributed by atoms with Gasteiger partial charge < -0.3 is 14.8 Å². The molecule has 2 aliphatic rings. The number of carbonyl (C=O) groups excluding carboxylic acids is 2. The van der Waals surface area contributed by atoms with E-state index in [-0.39, 0.29) is 48.8 Å². The Morgan fingerprint density at radius 1 is 1.12 bits per heavy atom. The van der Waals surface area contributed by atoms with Gasteiger partial charge in [-0.1, -0.05) is 30.3 Å². The largest absolute Gasteiger partial charge is 0.482 e. The summed E-state index contributed by atoms with van der Waals surface area (Å²) in [6, 6.07) is 14.3. The molecule has 0 radical (unpaired) electrons. The predicted molar refractivity (Wildman–Crippen MR) is 126 cm³/mol. The number of hydrogen-bond donors (Lipinski definition) is 1. The molecule has 1 saturated heterocycles. The minimum absolute atomic E-state index is 0.0492.